The average molecular weight is 267 g/mol. The van der Waals surface area contributed by atoms with Gasteiger partial charge < -0.3 is 9.73 Å². The molecule has 1 aromatic carbocycles. The molecule has 0 saturated heterocycles. The fraction of sp³-hybridized carbons (Fsp3) is 0.200. The average Bonchev–Trinajstić information content (AvgIpc) is 3.06. The van der Waals surface area contributed by atoms with E-state index in [1.165, 1.54) is 0 Å². The first-order valence-electron chi connectivity index (χ1n) is 6.65. The first kappa shape index (κ1) is 11.3. The molecule has 20 heavy (non-hydrogen) atoms. The molecule has 1 aliphatic carbocycles. The molecule has 0 aliphatic heterocycles. The molecule has 1 amide bonds. The van der Waals surface area contributed by atoms with E-state index in [0.29, 0.717) is 11.6 Å². The number of hydrogen-bond acceptors (Lipinski definition) is 3. The van der Waals surface area contributed by atoms with Crippen molar-refractivity contribution in [3.05, 3.63) is 36.4 Å². The van der Waals surface area contributed by atoms with Crippen LogP contribution in [0.4, 0.5) is 5.82 Å². The number of furan rings is 1. The molecule has 5 heteroatoms. The van der Waals surface area contributed by atoms with Gasteiger partial charge in [-0.3, -0.25) is 9.89 Å². The van der Waals surface area contributed by atoms with Gasteiger partial charge in [-0.05, 0) is 25.0 Å². The van der Waals surface area contributed by atoms with E-state index in [4.69, 9.17) is 4.42 Å². The van der Waals surface area contributed by atoms with Gasteiger partial charge in [0.1, 0.15) is 11.3 Å². The molecule has 0 radical (unpaired) electrons. The molecule has 2 aromatic heterocycles. The quantitative estimate of drug-likeness (QED) is 0.765. The number of hydrogen-bond donors (Lipinski definition) is 2. The number of benzene rings is 1. The van der Waals surface area contributed by atoms with Crippen LogP contribution in [0.15, 0.2) is 40.8 Å². The molecular formula is C15H13N3O2. The number of anilines is 1. The molecule has 0 bridgehead atoms. The van der Waals surface area contributed by atoms with Crippen molar-refractivity contribution >= 4 is 22.7 Å². The van der Waals surface area contributed by atoms with Gasteiger partial charge in [0, 0.05) is 17.4 Å². The topological polar surface area (TPSA) is 70.9 Å². The lowest BCUT2D eigenvalue weighted by Crippen LogP contribution is -2.13. The third kappa shape index (κ3) is 1.97. The molecule has 0 unspecified atom stereocenters. The summed E-state index contributed by atoms with van der Waals surface area (Å²) in [4.78, 5) is 11.7. The lowest BCUT2D eigenvalue weighted by atomic mass is 10.2. The predicted molar refractivity (Wildman–Crippen MR) is 75.1 cm³/mol. The van der Waals surface area contributed by atoms with Gasteiger partial charge in [0.25, 0.3) is 0 Å². The lowest BCUT2D eigenvalue weighted by molar-refractivity contribution is -0.117. The minimum atomic E-state index is 0.0488. The summed E-state index contributed by atoms with van der Waals surface area (Å²) in [7, 11) is 0. The molecule has 100 valence electrons. The maximum atomic E-state index is 11.7. The normalized spacial score (nSPS) is 14.6. The van der Waals surface area contributed by atoms with E-state index in [2.05, 4.69) is 15.5 Å². The molecule has 1 aliphatic rings. The van der Waals surface area contributed by atoms with Gasteiger partial charge in [0.05, 0.1) is 0 Å². The van der Waals surface area contributed by atoms with Crippen molar-refractivity contribution in [1.29, 1.82) is 0 Å². The number of carbonyl (C=O) groups excluding carboxylic acids is 1. The Balaban J connectivity index is 1.61. The van der Waals surface area contributed by atoms with Crippen LogP contribution in [-0.4, -0.2) is 16.1 Å². The van der Waals surface area contributed by atoms with E-state index in [0.717, 1.165) is 29.5 Å². The van der Waals surface area contributed by atoms with Crippen LogP contribution in [0.25, 0.3) is 22.4 Å². The second-order valence-electron chi connectivity index (χ2n) is 5.08. The number of rotatable bonds is 3. The molecule has 0 spiro atoms. The highest BCUT2D eigenvalue weighted by Gasteiger charge is 2.30. The van der Waals surface area contributed by atoms with Crippen molar-refractivity contribution in [3.8, 4) is 11.5 Å². The Morgan fingerprint density at radius 2 is 2.15 bits per heavy atom. The smallest absolute Gasteiger partial charge is 0.228 e. The summed E-state index contributed by atoms with van der Waals surface area (Å²) in [5.74, 6) is 1.47. The minimum Gasteiger partial charge on any atom is -0.454 e. The van der Waals surface area contributed by atoms with Gasteiger partial charge in [-0.2, -0.15) is 5.10 Å². The molecule has 5 nitrogen and oxygen atoms in total. The number of aromatic amines is 1. The number of para-hydroxylation sites is 1. The van der Waals surface area contributed by atoms with Crippen molar-refractivity contribution in [2.24, 2.45) is 5.92 Å². The molecule has 2 heterocycles. The number of amides is 1. The van der Waals surface area contributed by atoms with Crippen molar-refractivity contribution in [2.75, 3.05) is 5.32 Å². The Kier molecular flexibility index (Phi) is 2.39. The van der Waals surface area contributed by atoms with Crippen LogP contribution >= 0.6 is 0 Å². The van der Waals surface area contributed by atoms with E-state index in [-0.39, 0.29) is 11.8 Å². The van der Waals surface area contributed by atoms with Gasteiger partial charge in [-0.1, -0.05) is 18.2 Å². The monoisotopic (exact) mass is 267 g/mol. The Hall–Kier alpha value is -2.56. The number of nitrogens with zero attached hydrogens (tertiary/aromatic N) is 1. The summed E-state index contributed by atoms with van der Waals surface area (Å²) >= 11 is 0. The third-order valence-corrected chi connectivity index (χ3v) is 3.47. The first-order valence-corrected chi connectivity index (χ1v) is 6.65. The number of aromatic nitrogens is 2. The highest BCUT2D eigenvalue weighted by Crippen LogP contribution is 2.31. The van der Waals surface area contributed by atoms with E-state index < -0.39 is 0 Å². The number of H-pyrrole nitrogens is 1. The number of nitrogens with one attached hydrogen (secondary N) is 2. The Bertz CT molecular complexity index is 750. The van der Waals surface area contributed by atoms with Crippen LogP contribution in [0.2, 0.25) is 0 Å². The summed E-state index contributed by atoms with van der Waals surface area (Å²) in [5, 5.41) is 10.8. The van der Waals surface area contributed by atoms with Gasteiger partial charge >= 0.3 is 0 Å². The molecule has 1 fully saturated rings. The zero-order valence-corrected chi connectivity index (χ0v) is 10.7. The van der Waals surface area contributed by atoms with Gasteiger partial charge in [-0.25, -0.2) is 0 Å². The molecule has 4 rings (SSSR count). The van der Waals surface area contributed by atoms with Crippen molar-refractivity contribution in [2.45, 2.75) is 12.8 Å². The maximum absolute atomic E-state index is 11.7. The lowest BCUT2D eigenvalue weighted by Gasteiger charge is -1.96. The van der Waals surface area contributed by atoms with Crippen molar-refractivity contribution in [3.63, 3.8) is 0 Å². The molecular weight excluding hydrogens is 254 g/mol. The maximum Gasteiger partial charge on any atom is 0.228 e. The Morgan fingerprint density at radius 1 is 1.30 bits per heavy atom. The SMILES string of the molecule is O=C(Nc1cc(-c2cc3ccccc3o2)[nH]n1)C1CC1. The van der Waals surface area contributed by atoms with Crippen LogP contribution < -0.4 is 5.32 Å². The second kappa shape index (κ2) is 4.23. The van der Waals surface area contributed by atoms with Crippen LogP contribution in [0.1, 0.15) is 12.8 Å². The Morgan fingerprint density at radius 3 is 2.95 bits per heavy atom. The predicted octanol–water partition coefficient (Wildman–Crippen LogP) is 3.17. The molecule has 2 N–H and O–H groups in total. The fourth-order valence-corrected chi connectivity index (χ4v) is 2.20. The summed E-state index contributed by atoms with van der Waals surface area (Å²) in [6.07, 6.45) is 1.96. The highest BCUT2D eigenvalue weighted by molar-refractivity contribution is 5.93. The fourth-order valence-electron chi connectivity index (χ4n) is 2.20. The first-order chi connectivity index (χ1) is 9.79. The molecule has 0 atom stereocenters. The largest absolute Gasteiger partial charge is 0.454 e. The van der Waals surface area contributed by atoms with Crippen LogP contribution in [0.3, 0.4) is 0 Å². The van der Waals surface area contributed by atoms with Gasteiger partial charge in [0.15, 0.2) is 11.6 Å². The second-order valence-corrected chi connectivity index (χ2v) is 5.08. The van der Waals surface area contributed by atoms with Crippen LogP contribution in [0.5, 0.6) is 0 Å². The van der Waals surface area contributed by atoms with Gasteiger partial charge in [-0.15, -0.1) is 0 Å². The summed E-state index contributed by atoms with van der Waals surface area (Å²) in [6.45, 7) is 0. The highest BCUT2D eigenvalue weighted by atomic mass is 16.3. The van der Waals surface area contributed by atoms with E-state index in [1.54, 1.807) is 6.07 Å². The number of fused-ring (bicyclic) bond motifs is 1. The van der Waals surface area contributed by atoms with Gasteiger partial charge in [0.2, 0.25) is 5.91 Å². The van der Waals surface area contributed by atoms with Crippen LogP contribution in [0, 0.1) is 5.92 Å². The zero-order chi connectivity index (χ0) is 13.5. The van der Waals surface area contributed by atoms with Crippen LogP contribution in [-0.2, 0) is 4.79 Å². The summed E-state index contributed by atoms with van der Waals surface area (Å²) < 4.78 is 5.75. The van der Waals surface area contributed by atoms with E-state index >= 15 is 0 Å². The zero-order valence-electron chi connectivity index (χ0n) is 10.7. The number of carbonyl (C=O) groups is 1. The van der Waals surface area contributed by atoms with E-state index in [1.807, 2.05) is 30.3 Å². The van der Waals surface area contributed by atoms with E-state index in [9.17, 15) is 4.79 Å². The molecule has 1 saturated carbocycles. The Labute approximate surface area is 115 Å². The minimum absolute atomic E-state index is 0.0488. The summed E-state index contributed by atoms with van der Waals surface area (Å²) in [5.41, 5.74) is 1.59. The third-order valence-electron chi connectivity index (χ3n) is 3.47. The molecule has 3 aromatic rings. The summed E-state index contributed by atoms with van der Waals surface area (Å²) in [6, 6.07) is 11.6. The van der Waals surface area contributed by atoms with Crippen molar-refractivity contribution in [1.82, 2.24) is 10.2 Å². The van der Waals surface area contributed by atoms with Crippen molar-refractivity contribution < 1.29 is 9.21 Å². The standard InChI is InChI=1S/C15H13N3O2/c19-15(9-5-6-9)16-14-8-11(17-18-14)13-7-10-3-1-2-4-12(10)20-13/h1-4,7-9H,5-6H2,(H2,16,17,18,19).